The first-order valence-corrected chi connectivity index (χ1v) is 9.44. The van der Waals surface area contributed by atoms with Gasteiger partial charge >= 0.3 is 0 Å². The molecule has 0 saturated carbocycles. The van der Waals surface area contributed by atoms with Crippen LogP contribution in [-0.2, 0) is 17.9 Å². The lowest BCUT2D eigenvalue weighted by molar-refractivity contribution is -0.116. The number of carbonyl (C=O) groups is 2. The maximum atomic E-state index is 12.3. The van der Waals surface area contributed by atoms with E-state index in [1.54, 1.807) is 21.8 Å². The standard InChI is InChI=1S/C17H25BrN6O2/c1-5-23-10-14(16(22-23)17(26)19-8-11(2)3)21-15(25)6-7-24-12(4)13(18)9-20-24/h9-11H,5-8H2,1-4H3,(H,19,26)(H,21,25). The van der Waals surface area contributed by atoms with Crippen LogP contribution in [0.4, 0.5) is 5.69 Å². The molecule has 2 rings (SSSR count). The maximum absolute atomic E-state index is 12.3. The summed E-state index contributed by atoms with van der Waals surface area (Å²) in [6.07, 6.45) is 3.63. The first-order valence-electron chi connectivity index (χ1n) is 8.65. The number of hydrogen-bond acceptors (Lipinski definition) is 4. The lowest BCUT2D eigenvalue weighted by atomic mass is 10.2. The summed E-state index contributed by atoms with van der Waals surface area (Å²) >= 11 is 3.40. The molecule has 2 aromatic rings. The Morgan fingerprint density at radius 3 is 2.65 bits per heavy atom. The third-order valence-corrected chi connectivity index (χ3v) is 4.62. The third kappa shape index (κ3) is 5.17. The topological polar surface area (TPSA) is 93.8 Å². The van der Waals surface area contributed by atoms with E-state index in [2.05, 4.69) is 36.8 Å². The second-order valence-electron chi connectivity index (χ2n) is 6.45. The van der Waals surface area contributed by atoms with Gasteiger partial charge in [-0.3, -0.25) is 19.0 Å². The number of nitrogens with one attached hydrogen (secondary N) is 2. The van der Waals surface area contributed by atoms with E-state index in [0.29, 0.717) is 31.2 Å². The van der Waals surface area contributed by atoms with Gasteiger partial charge in [-0.2, -0.15) is 10.2 Å². The number of anilines is 1. The van der Waals surface area contributed by atoms with Crippen molar-refractivity contribution in [1.82, 2.24) is 24.9 Å². The van der Waals surface area contributed by atoms with Gasteiger partial charge in [0.2, 0.25) is 5.91 Å². The molecule has 0 aliphatic rings. The van der Waals surface area contributed by atoms with Crippen LogP contribution in [0.5, 0.6) is 0 Å². The van der Waals surface area contributed by atoms with Crippen LogP contribution < -0.4 is 10.6 Å². The number of aryl methyl sites for hydroxylation is 2. The average molecular weight is 425 g/mol. The van der Waals surface area contributed by atoms with Crippen molar-refractivity contribution < 1.29 is 9.59 Å². The predicted octanol–water partition coefficient (Wildman–Crippen LogP) is 2.59. The highest BCUT2D eigenvalue weighted by atomic mass is 79.9. The van der Waals surface area contributed by atoms with Crippen molar-refractivity contribution in [2.75, 3.05) is 11.9 Å². The maximum Gasteiger partial charge on any atom is 0.273 e. The number of carbonyl (C=O) groups excluding carboxylic acids is 2. The van der Waals surface area contributed by atoms with Crippen LogP contribution in [0.25, 0.3) is 0 Å². The fraction of sp³-hybridized carbons (Fsp3) is 0.529. The van der Waals surface area contributed by atoms with Crippen LogP contribution in [-0.4, -0.2) is 37.9 Å². The lowest BCUT2D eigenvalue weighted by Crippen LogP contribution is -2.29. The summed E-state index contributed by atoms with van der Waals surface area (Å²) in [7, 11) is 0. The Morgan fingerprint density at radius 2 is 2.08 bits per heavy atom. The number of rotatable bonds is 8. The van der Waals surface area contributed by atoms with Crippen LogP contribution in [0.3, 0.4) is 0 Å². The molecule has 0 aliphatic heterocycles. The predicted molar refractivity (Wildman–Crippen MR) is 103 cm³/mol. The summed E-state index contributed by atoms with van der Waals surface area (Å²) in [4.78, 5) is 24.7. The van der Waals surface area contributed by atoms with Crippen molar-refractivity contribution in [3.8, 4) is 0 Å². The van der Waals surface area contributed by atoms with Gasteiger partial charge in [0.25, 0.3) is 5.91 Å². The molecule has 2 N–H and O–H groups in total. The molecule has 9 heteroatoms. The number of nitrogens with zero attached hydrogens (tertiary/aromatic N) is 4. The molecular weight excluding hydrogens is 400 g/mol. The molecule has 0 aliphatic carbocycles. The lowest BCUT2D eigenvalue weighted by Gasteiger charge is -2.08. The molecule has 2 heterocycles. The van der Waals surface area contributed by atoms with Crippen molar-refractivity contribution in [3.05, 3.63) is 28.3 Å². The Morgan fingerprint density at radius 1 is 1.35 bits per heavy atom. The fourth-order valence-corrected chi connectivity index (χ4v) is 2.59. The van der Waals surface area contributed by atoms with Gasteiger partial charge in [-0.05, 0) is 35.7 Å². The largest absolute Gasteiger partial charge is 0.350 e. The molecule has 2 aromatic heterocycles. The second kappa shape index (κ2) is 8.98. The molecule has 0 atom stereocenters. The van der Waals surface area contributed by atoms with E-state index >= 15 is 0 Å². The van der Waals surface area contributed by atoms with Gasteiger partial charge in [-0.15, -0.1) is 0 Å². The monoisotopic (exact) mass is 424 g/mol. The number of aromatic nitrogens is 4. The van der Waals surface area contributed by atoms with Gasteiger partial charge in [0.1, 0.15) is 0 Å². The minimum Gasteiger partial charge on any atom is -0.350 e. The Kier molecular flexibility index (Phi) is 6.96. The SMILES string of the molecule is CCn1cc(NC(=O)CCn2ncc(Br)c2C)c(C(=O)NCC(C)C)n1. The fourth-order valence-electron chi connectivity index (χ4n) is 2.29. The van der Waals surface area contributed by atoms with E-state index < -0.39 is 0 Å². The average Bonchev–Trinajstić information content (AvgIpc) is 3.15. The zero-order valence-corrected chi connectivity index (χ0v) is 17.1. The molecule has 0 fully saturated rings. The molecule has 142 valence electrons. The Balaban J connectivity index is 2.02. The molecular formula is C17H25BrN6O2. The first-order chi connectivity index (χ1) is 12.3. The van der Waals surface area contributed by atoms with Crippen molar-refractivity contribution in [2.24, 2.45) is 5.92 Å². The number of hydrogen-bond donors (Lipinski definition) is 2. The zero-order chi connectivity index (χ0) is 19.3. The van der Waals surface area contributed by atoms with Gasteiger partial charge in [-0.1, -0.05) is 13.8 Å². The number of amides is 2. The number of halogens is 1. The minimum absolute atomic E-state index is 0.190. The van der Waals surface area contributed by atoms with E-state index in [9.17, 15) is 9.59 Å². The van der Waals surface area contributed by atoms with E-state index in [0.717, 1.165) is 10.2 Å². The quantitative estimate of drug-likeness (QED) is 0.680. The van der Waals surface area contributed by atoms with Crippen LogP contribution in [0.1, 0.15) is 43.4 Å². The van der Waals surface area contributed by atoms with Crippen LogP contribution in [0, 0.1) is 12.8 Å². The van der Waals surface area contributed by atoms with Crippen molar-refractivity contribution in [2.45, 2.75) is 47.2 Å². The Bertz CT molecular complexity index is 780. The van der Waals surface area contributed by atoms with E-state index in [-0.39, 0.29) is 23.9 Å². The molecule has 0 unspecified atom stereocenters. The zero-order valence-electron chi connectivity index (χ0n) is 15.5. The van der Waals surface area contributed by atoms with E-state index in [1.807, 2.05) is 27.7 Å². The molecule has 0 spiro atoms. The molecule has 8 nitrogen and oxygen atoms in total. The van der Waals surface area contributed by atoms with Crippen LogP contribution in [0.2, 0.25) is 0 Å². The van der Waals surface area contributed by atoms with Crippen molar-refractivity contribution in [1.29, 1.82) is 0 Å². The van der Waals surface area contributed by atoms with Gasteiger partial charge in [0, 0.05) is 31.4 Å². The normalized spacial score (nSPS) is 11.0. The smallest absolute Gasteiger partial charge is 0.273 e. The van der Waals surface area contributed by atoms with Gasteiger partial charge in [0.05, 0.1) is 22.9 Å². The summed E-state index contributed by atoms with van der Waals surface area (Å²) in [6, 6.07) is 0. The first kappa shape index (κ1) is 20.2. The molecule has 0 radical (unpaired) electrons. The summed E-state index contributed by atoms with van der Waals surface area (Å²) in [5.74, 6) is -0.139. The van der Waals surface area contributed by atoms with Crippen LogP contribution >= 0.6 is 15.9 Å². The highest BCUT2D eigenvalue weighted by Crippen LogP contribution is 2.16. The van der Waals surface area contributed by atoms with Crippen molar-refractivity contribution >= 4 is 33.4 Å². The van der Waals surface area contributed by atoms with Crippen LogP contribution in [0.15, 0.2) is 16.9 Å². The highest BCUT2D eigenvalue weighted by molar-refractivity contribution is 9.10. The van der Waals surface area contributed by atoms with Gasteiger partial charge in [-0.25, -0.2) is 0 Å². The molecule has 0 bridgehead atoms. The molecule has 26 heavy (non-hydrogen) atoms. The summed E-state index contributed by atoms with van der Waals surface area (Å²) in [6.45, 7) is 9.51. The van der Waals surface area contributed by atoms with E-state index in [4.69, 9.17) is 0 Å². The molecule has 0 aromatic carbocycles. The Labute approximate surface area is 161 Å². The summed E-state index contributed by atoms with van der Waals surface area (Å²) < 4.78 is 4.30. The Hall–Kier alpha value is -2.16. The third-order valence-electron chi connectivity index (χ3n) is 3.84. The van der Waals surface area contributed by atoms with Crippen molar-refractivity contribution in [3.63, 3.8) is 0 Å². The van der Waals surface area contributed by atoms with Gasteiger partial charge < -0.3 is 10.6 Å². The minimum atomic E-state index is -0.284. The summed E-state index contributed by atoms with van der Waals surface area (Å²) in [5, 5.41) is 14.1. The summed E-state index contributed by atoms with van der Waals surface area (Å²) in [5.41, 5.74) is 1.63. The second-order valence-corrected chi connectivity index (χ2v) is 7.30. The van der Waals surface area contributed by atoms with E-state index in [1.165, 1.54) is 0 Å². The van der Waals surface area contributed by atoms with Gasteiger partial charge in [0.15, 0.2) is 5.69 Å². The molecule has 2 amide bonds. The highest BCUT2D eigenvalue weighted by Gasteiger charge is 2.18. The molecule has 0 saturated heterocycles.